The van der Waals surface area contributed by atoms with E-state index < -0.39 is 24.3 Å². The number of nitrogens with one attached hydrogen (secondary N) is 3. The molecule has 1 aromatic heterocycles. The molecule has 0 saturated carbocycles. The monoisotopic (exact) mass is 489 g/mol. The lowest BCUT2D eigenvalue weighted by molar-refractivity contribution is -0.135. The van der Waals surface area contributed by atoms with Gasteiger partial charge in [0.05, 0.1) is 21.4 Å². The summed E-state index contributed by atoms with van der Waals surface area (Å²) in [6.07, 6.45) is 0.764. The van der Waals surface area contributed by atoms with Gasteiger partial charge in [-0.3, -0.25) is 14.4 Å². The Morgan fingerprint density at radius 3 is 2.52 bits per heavy atom. The van der Waals surface area contributed by atoms with Gasteiger partial charge >= 0.3 is 5.97 Å². The van der Waals surface area contributed by atoms with Crippen molar-refractivity contribution in [2.24, 2.45) is 5.73 Å². The smallest absolute Gasteiger partial charge is 0.322 e. The van der Waals surface area contributed by atoms with Crippen molar-refractivity contribution in [1.82, 2.24) is 10.3 Å². The topological polar surface area (TPSA) is 141 Å². The van der Waals surface area contributed by atoms with E-state index in [0.29, 0.717) is 30.2 Å². The van der Waals surface area contributed by atoms with Crippen LogP contribution in [0.2, 0.25) is 10.0 Å². The highest BCUT2D eigenvalue weighted by atomic mass is 35.5. The van der Waals surface area contributed by atoms with Crippen LogP contribution in [-0.4, -0.2) is 53.6 Å². The fourth-order valence-electron chi connectivity index (χ4n) is 3.22. The molecule has 1 aliphatic rings. The van der Waals surface area contributed by atoms with Gasteiger partial charge in [0.15, 0.2) is 0 Å². The quantitative estimate of drug-likeness (QED) is 0.422. The molecular weight excluding hydrogens is 469 g/mol. The van der Waals surface area contributed by atoms with Crippen molar-refractivity contribution in [2.45, 2.75) is 19.4 Å². The Kier molecular flexibility index (Phi) is 8.19. The van der Waals surface area contributed by atoms with E-state index in [2.05, 4.69) is 15.6 Å². The maximum Gasteiger partial charge on any atom is 0.322 e. The van der Waals surface area contributed by atoms with Gasteiger partial charge in [-0.25, -0.2) is 0 Å². The van der Waals surface area contributed by atoms with Crippen molar-refractivity contribution >= 4 is 64.8 Å². The molecule has 1 fully saturated rings. The molecule has 12 heteroatoms. The fraction of sp³-hybridized carbons (Fsp3) is 0.316. The van der Waals surface area contributed by atoms with E-state index in [1.54, 1.807) is 19.1 Å². The van der Waals surface area contributed by atoms with E-state index in [9.17, 15) is 14.4 Å². The number of hydrogen-bond donors (Lipinski definition) is 5. The van der Waals surface area contributed by atoms with E-state index in [1.807, 2.05) is 4.90 Å². The third-order valence-corrected chi connectivity index (χ3v) is 5.70. The summed E-state index contributed by atoms with van der Waals surface area (Å²) in [5.74, 6) is -2.16. The second-order valence-corrected chi connectivity index (χ2v) is 7.77. The second-order valence-electron chi connectivity index (χ2n) is 7.01. The van der Waals surface area contributed by atoms with Crippen LogP contribution < -0.4 is 21.3 Å². The van der Waals surface area contributed by atoms with Gasteiger partial charge in [-0.1, -0.05) is 23.2 Å². The maximum atomic E-state index is 12.8. The number of carbonyl (C=O) groups excluding carboxylic acids is 2. The number of nitrogens with zero attached hydrogens (tertiary/aromatic N) is 1. The van der Waals surface area contributed by atoms with Crippen molar-refractivity contribution in [3.63, 3.8) is 0 Å². The van der Waals surface area contributed by atoms with E-state index in [1.165, 1.54) is 6.07 Å². The van der Waals surface area contributed by atoms with E-state index in [-0.39, 0.29) is 39.8 Å². The third-order valence-electron chi connectivity index (χ3n) is 4.75. The second kappa shape index (κ2) is 10.2. The zero-order valence-corrected chi connectivity index (χ0v) is 18.8. The van der Waals surface area contributed by atoms with E-state index in [0.717, 1.165) is 6.42 Å². The van der Waals surface area contributed by atoms with Gasteiger partial charge in [-0.15, -0.1) is 12.4 Å². The molecule has 0 aliphatic carbocycles. The van der Waals surface area contributed by atoms with Crippen molar-refractivity contribution in [1.29, 1.82) is 0 Å². The molecule has 1 atom stereocenters. The summed E-state index contributed by atoms with van der Waals surface area (Å²) in [5, 5.41) is 14.3. The Hall–Kier alpha value is -2.46. The summed E-state index contributed by atoms with van der Waals surface area (Å²) in [6, 6.07) is 4.65. The van der Waals surface area contributed by atoms with Crippen LogP contribution in [-0.2, 0) is 4.79 Å². The number of aromatic nitrogens is 1. The lowest BCUT2D eigenvalue weighted by atomic mass is 10.1. The van der Waals surface area contributed by atoms with Crippen LogP contribution in [0.5, 0.6) is 0 Å². The maximum absolute atomic E-state index is 12.8. The Balaban J connectivity index is 0.00000341. The molecule has 0 radical (unpaired) electrons. The molecule has 6 N–H and O–H groups in total. The van der Waals surface area contributed by atoms with Crippen LogP contribution in [0.3, 0.4) is 0 Å². The van der Waals surface area contributed by atoms with Gasteiger partial charge in [0, 0.05) is 30.4 Å². The summed E-state index contributed by atoms with van der Waals surface area (Å²) in [4.78, 5) is 40.6. The highest BCUT2D eigenvalue weighted by molar-refractivity contribution is 6.44. The third kappa shape index (κ3) is 5.62. The summed E-state index contributed by atoms with van der Waals surface area (Å²) < 4.78 is 0. The lowest BCUT2D eigenvalue weighted by Gasteiger charge is -2.23. The number of amides is 2. The molecule has 9 nitrogen and oxygen atoms in total. The predicted molar refractivity (Wildman–Crippen MR) is 122 cm³/mol. The van der Waals surface area contributed by atoms with Crippen LogP contribution in [0.15, 0.2) is 18.2 Å². The minimum absolute atomic E-state index is 0. The van der Waals surface area contributed by atoms with Crippen LogP contribution in [0.4, 0.5) is 11.4 Å². The zero-order valence-electron chi connectivity index (χ0n) is 16.5. The number of aliphatic carboxylic acids is 1. The number of carboxylic acids is 1. The van der Waals surface area contributed by atoms with Crippen LogP contribution >= 0.6 is 35.6 Å². The molecule has 2 amide bonds. The lowest BCUT2D eigenvalue weighted by Crippen LogP contribution is -2.30. The van der Waals surface area contributed by atoms with Gasteiger partial charge in [0.25, 0.3) is 11.8 Å². The Morgan fingerprint density at radius 2 is 1.97 bits per heavy atom. The zero-order chi connectivity index (χ0) is 22.0. The van der Waals surface area contributed by atoms with Crippen LogP contribution in [0.1, 0.15) is 33.0 Å². The minimum atomic E-state index is -1.14. The number of carbonyl (C=O) groups is 3. The first-order chi connectivity index (χ1) is 14.2. The molecule has 1 aliphatic heterocycles. The van der Waals surface area contributed by atoms with Crippen molar-refractivity contribution in [2.75, 3.05) is 29.9 Å². The molecule has 0 spiro atoms. The summed E-state index contributed by atoms with van der Waals surface area (Å²) in [5.41, 5.74) is 8.04. The largest absolute Gasteiger partial charge is 0.480 e. The molecule has 0 unspecified atom stereocenters. The Bertz CT molecular complexity index is 1010. The van der Waals surface area contributed by atoms with Gasteiger partial charge < -0.3 is 31.4 Å². The molecule has 1 saturated heterocycles. The van der Waals surface area contributed by atoms with Crippen molar-refractivity contribution in [3.8, 4) is 0 Å². The number of hydrogen-bond acceptors (Lipinski definition) is 5. The predicted octanol–water partition coefficient (Wildman–Crippen LogP) is 2.66. The average Bonchev–Trinajstić information content (AvgIpc) is 3.25. The van der Waals surface area contributed by atoms with Crippen LogP contribution in [0, 0.1) is 6.92 Å². The first-order valence-electron chi connectivity index (χ1n) is 9.16. The first kappa shape index (κ1) is 24.8. The molecule has 2 aromatic rings. The number of nitrogens with two attached hydrogens (primary N) is 1. The average molecular weight is 491 g/mol. The number of rotatable bonds is 6. The first-order valence-corrected chi connectivity index (χ1v) is 9.92. The standard InChI is InChI=1S/C19H21Cl2N5O4.ClH/c1-9-15(20)16(21)17(24-9)19(30)25-12-3-2-10(18(29)23-7-14(27)28)6-13(12)26-5-4-11(22)8-26;/h2-3,6,11,24H,4-5,7-8,22H2,1H3,(H,23,29)(H,25,30)(H,27,28);1H/t11-;/m0./s1. The Labute approximate surface area is 194 Å². The van der Waals surface area contributed by atoms with Crippen molar-refractivity contribution in [3.05, 3.63) is 45.2 Å². The Morgan fingerprint density at radius 1 is 1.26 bits per heavy atom. The summed E-state index contributed by atoms with van der Waals surface area (Å²) in [6.45, 7) is 2.41. The molecular formula is C19H22Cl3N5O4. The van der Waals surface area contributed by atoms with E-state index in [4.69, 9.17) is 34.0 Å². The molecule has 31 heavy (non-hydrogen) atoms. The number of aromatic amines is 1. The fourth-order valence-corrected chi connectivity index (χ4v) is 3.63. The highest BCUT2D eigenvalue weighted by Gasteiger charge is 2.25. The number of benzene rings is 1. The number of carboxylic acid groups (broad SMARTS) is 1. The van der Waals surface area contributed by atoms with Gasteiger partial charge in [0.2, 0.25) is 0 Å². The number of anilines is 2. The summed E-state index contributed by atoms with van der Waals surface area (Å²) in [7, 11) is 0. The molecule has 1 aromatic carbocycles. The minimum Gasteiger partial charge on any atom is -0.480 e. The van der Waals surface area contributed by atoms with Gasteiger partial charge in [0.1, 0.15) is 12.2 Å². The van der Waals surface area contributed by atoms with Crippen LogP contribution in [0.25, 0.3) is 0 Å². The SMILES string of the molecule is Cc1[nH]c(C(=O)Nc2ccc(C(=O)NCC(=O)O)cc2N2CC[C@H](N)C2)c(Cl)c1Cl.Cl. The molecule has 168 valence electrons. The van der Waals surface area contributed by atoms with E-state index >= 15 is 0 Å². The number of aryl methyl sites for hydroxylation is 1. The highest BCUT2D eigenvalue weighted by Crippen LogP contribution is 2.33. The van der Waals surface area contributed by atoms with Gasteiger partial charge in [-0.05, 0) is 31.5 Å². The molecule has 0 bridgehead atoms. The summed E-state index contributed by atoms with van der Waals surface area (Å²) >= 11 is 12.2. The van der Waals surface area contributed by atoms with Gasteiger partial charge in [-0.2, -0.15) is 0 Å². The molecule has 2 heterocycles. The van der Waals surface area contributed by atoms with Crippen molar-refractivity contribution < 1.29 is 19.5 Å². The number of halogens is 3. The number of H-pyrrole nitrogens is 1. The normalized spacial score (nSPS) is 15.4. The molecule has 3 rings (SSSR count).